The van der Waals surface area contributed by atoms with Crippen LogP contribution < -0.4 is 5.32 Å². The molecule has 0 aliphatic carbocycles. The van der Waals surface area contributed by atoms with Crippen molar-refractivity contribution in [3.8, 4) is 12.3 Å². The molecule has 0 bridgehead atoms. The molecule has 0 unspecified atom stereocenters. The Morgan fingerprint density at radius 1 is 1.67 bits per heavy atom. The molecule has 4 heteroatoms. The summed E-state index contributed by atoms with van der Waals surface area (Å²) in [4.78, 5) is 18.2. The number of fused-ring (bicyclic) bond motifs is 1. The molecule has 0 saturated heterocycles. The van der Waals surface area contributed by atoms with Crippen LogP contribution in [0.25, 0.3) is 11.0 Å². The molecule has 4 nitrogen and oxygen atoms in total. The molecule has 0 radical (unpaired) electrons. The quantitative estimate of drug-likeness (QED) is 0.684. The second kappa shape index (κ2) is 3.46. The third-order valence-corrected chi connectivity index (χ3v) is 2.03. The molecule has 0 aliphatic heterocycles. The van der Waals surface area contributed by atoms with Gasteiger partial charge < -0.3 is 10.3 Å². The maximum Gasteiger partial charge on any atom is 0.221 e. The third-order valence-electron chi connectivity index (χ3n) is 2.03. The molecule has 2 heterocycles. The highest BCUT2D eigenvalue weighted by molar-refractivity contribution is 6.00. The van der Waals surface area contributed by atoms with Gasteiger partial charge in [-0.2, -0.15) is 0 Å². The van der Waals surface area contributed by atoms with E-state index in [4.69, 9.17) is 6.42 Å². The lowest BCUT2D eigenvalue weighted by Gasteiger charge is -2.06. The summed E-state index contributed by atoms with van der Waals surface area (Å²) in [5, 5.41) is 2.70. The van der Waals surface area contributed by atoms with E-state index < -0.39 is 0 Å². The molecule has 2 N–H and O–H groups in total. The molecule has 2 aromatic heterocycles. The van der Waals surface area contributed by atoms with E-state index in [1.807, 2.05) is 6.07 Å². The summed E-state index contributed by atoms with van der Waals surface area (Å²) >= 11 is 0. The number of amides is 1. The summed E-state index contributed by atoms with van der Waals surface area (Å²) in [5.74, 6) is 2.33. The Morgan fingerprint density at radius 2 is 2.47 bits per heavy atom. The number of pyridine rings is 1. The van der Waals surface area contributed by atoms with Gasteiger partial charge in [0, 0.05) is 19.3 Å². The number of hydrogen-bond acceptors (Lipinski definition) is 2. The number of carbonyl (C=O) groups excluding carboxylic acids is 1. The highest BCUT2D eigenvalue weighted by atomic mass is 16.1. The van der Waals surface area contributed by atoms with E-state index in [1.54, 1.807) is 12.4 Å². The number of rotatable bonds is 1. The molecule has 0 aliphatic rings. The van der Waals surface area contributed by atoms with E-state index >= 15 is 0 Å². The highest BCUT2D eigenvalue weighted by Crippen LogP contribution is 2.23. The number of anilines is 1. The van der Waals surface area contributed by atoms with Gasteiger partial charge in [-0.15, -0.1) is 6.42 Å². The average Bonchev–Trinajstić information content (AvgIpc) is 2.65. The topological polar surface area (TPSA) is 57.8 Å². The predicted molar refractivity (Wildman–Crippen MR) is 58.3 cm³/mol. The van der Waals surface area contributed by atoms with Crippen molar-refractivity contribution in [2.24, 2.45) is 0 Å². The van der Waals surface area contributed by atoms with Gasteiger partial charge in [-0.25, -0.2) is 0 Å². The monoisotopic (exact) mass is 199 g/mol. The average molecular weight is 199 g/mol. The first-order valence-corrected chi connectivity index (χ1v) is 4.42. The predicted octanol–water partition coefficient (Wildman–Crippen LogP) is 1.50. The highest BCUT2D eigenvalue weighted by Gasteiger charge is 2.09. The maximum absolute atomic E-state index is 11.0. The summed E-state index contributed by atoms with van der Waals surface area (Å²) in [6.07, 6.45) is 8.66. The van der Waals surface area contributed by atoms with Gasteiger partial charge in [-0.05, 0) is 6.07 Å². The summed E-state index contributed by atoms with van der Waals surface area (Å²) in [6.45, 7) is 1.44. The molecular weight excluding hydrogens is 190 g/mol. The zero-order valence-electron chi connectivity index (χ0n) is 8.16. The van der Waals surface area contributed by atoms with E-state index in [9.17, 15) is 4.79 Å². The number of H-pyrrole nitrogens is 1. The van der Waals surface area contributed by atoms with Gasteiger partial charge in [0.15, 0.2) is 0 Å². The lowest BCUT2D eigenvalue weighted by Crippen LogP contribution is -2.08. The Hall–Kier alpha value is -2.28. The normalized spacial score (nSPS) is 9.87. The minimum absolute atomic E-state index is 0.159. The second-order valence-electron chi connectivity index (χ2n) is 3.11. The van der Waals surface area contributed by atoms with Gasteiger partial charge in [-0.3, -0.25) is 9.78 Å². The van der Waals surface area contributed by atoms with Crippen molar-refractivity contribution >= 4 is 22.6 Å². The molecule has 0 saturated carbocycles. The van der Waals surface area contributed by atoms with Gasteiger partial charge in [0.05, 0.1) is 22.3 Å². The third kappa shape index (κ3) is 1.55. The number of aromatic amines is 1. The van der Waals surface area contributed by atoms with Crippen LogP contribution in [0.15, 0.2) is 18.5 Å². The van der Waals surface area contributed by atoms with Gasteiger partial charge >= 0.3 is 0 Å². The van der Waals surface area contributed by atoms with E-state index in [0.717, 1.165) is 11.0 Å². The fraction of sp³-hybridized carbons (Fsp3) is 0.0909. The number of carbonyl (C=O) groups is 1. The van der Waals surface area contributed by atoms with Gasteiger partial charge in [0.25, 0.3) is 0 Å². The van der Waals surface area contributed by atoms with Crippen LogP contribution in [-0.4, -0.2) is 15.9 Å². The molecule has 0 atom stereocenters. The van der Waals surface area contributed by atoms with Gasteiger partial charge in [-0.1, -0.05) is 5.92 Å². The van der Waals surface area contributed by atoms with Crippen molar-refractivity contribution in [3.05, 3.63) is 24.0 Å². The van der Waals surface area contributed by atoms with Crippen LogP contribution in [0.5, 0.6) is 0 Å². The van der Waals surface area contributed by atoms with Crippen molar-refractivity contribution in [2.45, 2.75) is 6.92 Å². The van der Waals surface area contributed by atoms with E-state index in [1.165, 1.54) is 6.92 Å². The first-order chi connectivity index (χ1) is 7.22. The molecule has 0 aromatic carbocycles. The van der Waals surface area contributed by atoms with Crippen LogP contribution in [0.4, 0.5) is 5.69 Å². The fourth-order valence-electron chi connectivity index (χ4n) is 1.42. The Kier molecular flexibility index (Phi) is 2.14. The molecule has 1 amide bonds. The van der Waals surface area contributed by atoms with Crippen molar-refractivity contribution in [2.75, 3.05) is 5.32 Å². The number of nitrogens with one attached hydrogen (secondary N) is 2. The zero-order valence-corrected chi connectivity index (χ0v) is 8.16. The van der Waals surface area contributed by atoms with E-state index in [2.05, 4.69) is 21.2 Å². The zero-order chi connectivity index (χ0) is 10.8. The van der Waals surface area contributed by atoms with E-state index in [-0.39, 0.29) is 5.91 Å². The van der Waals surface area contributed by atoms with E-state index in [0.29, 0.717) is 11.3 Å². The molecule has 0 spiro atoms. The lowest BCUT2D eigenvalue weighted by atomic mass is 10.2. The number of hydrogen-bond donors (Lipinski definition) is 2. The minimum Gasteiger partial charge on any atom is -0.358 e. The Balaban J connectivity index is 2.69. The van der Waals surface area contributed by atoms with Crippen LogP contribution in [0.2, 0.25) is 0 Å². The Labute approximate surface area is 86.7 Å². The molecule has 15 heavy (non-hydrogen) atoms. The fourth-order valence-corrected chi connectivity index (χ4v) is 1.42. The molecule has 74 valence electrons. The van der Waals surface area contributed by atoms with Crippen LogP contribution >= 0.6 is 0 Å². The van der Waals surface area contributed by atoms with Gasteiger partial charge in [0.1, 0.15) is 0 Å². The van der Waals surface area contributed by atoms with Crippen molar-refractivity contribution in [1.82, 2.24) is 9.97 Å². The first-order valence-electron chi connectivity index (χ1n) is 4.42. The summed E-state index contributed by atoms with van der Waals surface area (Å²) in [7, 11) is 0. The lowest BCUT2D eigenvalue weighted by molar-refractivity contribution is -0.114. The SMILES string of the molecule is C#Cc1cnc2cc[nH]c2c1NC(C)=O. The van der Waals surface area contributed by atoms with Crippen molar-refractivity contribution in [1.29, 1.82) is 0 Å². The number of terminal acetylenes is 1. The van der Waals surface area contributed by atoms with Crippen molar-refractivity contribution in [3.63, 3.8) is 0 Å². The van der Waals surface area contributed by atoms with Crippen LogP contribution in [-0.2, 0) is 4.79 Å². The number of aromatic nitrogens is 2. The van der Waals surface area contributed by atoms with Crippen LogP contribution in [0.3, 0.4) is 0 Å². The largest absolute Gasteiger partial charge is 0.358 e. The van der Waals surface area contributed by atoms with Crippen LogP contribution in [0, 0.1) is 12.3 Å². The second-order valence-corrected chi connectivity index (χ2v) is 3.11. The Bertz CT molecular complexity index is 563. The summed E-state index contributed by atoms with van der Waals surface area (Å²) in [5.41, 5.74) is 2.71. The maximum atomic E-state index is 11.0. The summed E-state index contributed by atoms with van der Waals surface area (Å²) in [6, 6.07) is 1.82. The molecule has 0 fully saturated rings. The standard InChI is InChI=1S/C11H9N3O/c1-3-8-6-13-9-4-5-12-11(9)10(8)14-7(2)15/h1,4-6,12H,2H3,(H,13,14,15). The Morgan fingerprint density at radius 3 is 3.13 bits per heavy atom. The molecular formula is C11H9N3O. The molecule has 2 aromatic rings. The van der Waals surface area contributed by atoms with Crippen molar-refractivity contribution < 1.29 is 4.79 Å². The molecule has 2 rings (SSSR count). The summed E-state index contributed by atoms with van der Waals surface area (Å²) < 4.78 is 0. The van der Waals surface area contributed by atoms with Gasteiger partial charge in [0.2, 0.25) is 5.91 Å². The minimum atomic E-state index is -0.159. The smallest absolute Gasteiger partial charge is 0.221 e. The number of nitrogens with zero attached hydrogens (tertiary/aromatic N) is 1. The van der Waals surface area contributed by atoms with Crippen LogP contribution in [0.1, 0.15) is 12.5 Å². The first kappa shape index (κ1) is 9.28.